The van der Waals surface area contributed by atoms with Crippen LogP contribution in [0.2, 0.25) is 0 Å². The van der Waals surface area contributed by atoms with Gasteiger partial charge >= 0.3 is 0 Å². The summed E-state index contributed by atoms with van der Waals surface area (Å²) in [6.07, 6.45) is 3.26. The third-order valence-electron chi connectivity index (χ3n) is 4.99. The van der Waals surface area contributed by atoms with E-state index in [-0.39, 0.29) is 11.1 Å². The van der Waals surface area contributed by atoms with Gasteiger partial charge in [0.05, 0.1) is 11.1 Å². The minimum atomic E-state index is -0.220. The van der Waals surface area contributed by atoms with Crippen molar-refractivity contribution in [2.24, 2.45) is 16.6 Å². The first-order valence-electron chi connectivity index (χ1n) is 8.76. The SMILES string of the molecule is CN=C(C)C(C)(C)NCCC(CCN)CCNC(C)(C)C(C)=N. The number of nitrogens with two attached hydrogens (primary N) is 1. The molecule has 0 aromatic rings. The van der Waals surface area contributed by atoms with E-state index in [1.165, 1.54) is 0 Å². The summed E-state index contributed by atoms with van der Waals surface area (Å²) in [5.74, 6) is 0.608. The Morgan fingerprint density at radius 1 is 1.00 bits per heavy atom. The van der Waals surface area contributed by atoms with Crippen LogP contribution in [0.4, 0.5) is 0 Å². The molecule has 0 rings (SSSR count). The molecule has 0 bridgehead atoms. The van der Waals surface area contributed by atoms with Crippen molar-refractivity contribution in [2.45, 2.75) is 71.9 Å². The maximum absolute atomic E-state index is 7.80. The van der Waals surface area contributed by atoms with Crippen LogP contribution in [-0.2, 0) is 0 Å². The smallest absolute Gasteiger partial charge is 0.0504 e. The molecule has 0 aliphatic heterocycles. The van der Waals surface area contributed by atoms with Gasteiger partial charge in [-0.2, -0.15) is 0 Å². The van der Waals surface area contributed by atoms with Gasteiger partial charge in [-0.25, -0.2) is 0 Å². The van der Waals surface area contributed by atoms with Gasteiger partial charge in [-0.05, 0) is 86.4 Å². The summed E-state index contributed by atoms with van der Waals surface area (Å²) in [7, 11) is 1.84. The van der Waals surface area contributed by atoms with Gasteiger partial charge in [-0.3, -0.25) is 4.99 Å². The lowest BCUT2D eigenvalue weighted by Crippen LogP contribution is -2.47. The molecule has 0 saturated heterocycles. The molecular weight excluding hydrogens is 286 g/mol. The van der Waals surface area contributed by atoms with E-state index < -0.39 is 0 Å². The van der Waals surface area contributed by atoms with Crippen molar-refractivity contribution in [3.63, 3.8) is 0 Å². The van der Waals surface area contributed by atoms with Gasteiger partial charge < -0.3 is 21.8 Å². The molecule has 5 N–H and O–H groups in total. The number of hydrogen-bond acceptors (Lipinski definition) is 5. The fourth-order valence-electron chi connectivity index (χ4n) is 2.39. The van der Waals surface area contributed by atoms with Crippen LogP contribution in [-0.4, -0.2) is 49.2 Å². The van der Waals surface area contributed by atoms with E-state index in [4.69, 9.17) is 11.1 Å². The Hall–Kier alpha value is -0.780. The third-order valence-corrected chi connectivity index (χ3v) is 4.99. The third kappa shape index (κ3) is 8.58. The number of aliphatic imine (C=N–C) groups is 1. The Bertz CT molecular complexity index is 385. The lowest BCUT2D eigenvalue weighted by Gasteiger charge is -2.29. The van der Waals surface area contributed by atoms with Crippen LogP contribution in [0.15, 0.2) is 4.99 Å². The van der Waals surface area contributed by atoms with Crippen LogP contribution in [0, 0.1) is 11.3 Å². The van der Waals surface area contributed by atoms with Gasteiger partial charge in [0.1, 0.15) is 0 Å². The molecular formula is C18H39N5. The van der Waals surface area contributed by atoms with Crippen LogP contribution < -0.4 is 16.4 Å². The Morgan fingerprint density at radius 2 is 1.48 bits per heavy atom. The molecule has 0 aromatic heterocycles. The molecule has 1 atom stereocenters. The number of hydrogen-bond donors (Lipinski definition) is 4. The minimum Gasteiger partial charge on any atom is -0.330 e. The molecule has 0 fully saturated rings. The molecule has 0 aromatic carbocycles. The Balaban J connectivity index is 4.30. The van der Waals surface area contributed by atoms with Crippen molar-refractivity contribution in [1.29, 1.82) is 5.41 Å². The summed E-state index contributed by atoms with van der Waals surface area (Å²) < 4.78 is 0. The second kappa shape index (κ2) is 10.2. The largest absolute Gasteiger partial charge is 0.330 e. The standard InChI is InChI=1S/C18H39N5/c1-14(20)17(3,4)22-12-9-16(8-11-19)10-13-23-18(5,6)15(2)21-7/h16,20,22-23H,8-13,19H2,1-7H3. The van der Waals surface area contributed by atoms with Crippen molar-refractivity contribution in [3.8, 4) is 0 Å². The van der Waals surface area contributed by atoms with E-state index in [9.17, 15) is 0 Å². The molecule has 0 amide bonds. The molecule has 5 heteroatoms. The van der Waals surface area contributed by atoms with E-state index >= 15 is 0 Å². The summed E-state index contributed by atoms with van der Waals surface area (Å²) in [4.78, 5) is 4.29. The molecule has 0 spiro atoms. The lowest BCUT2D eigenvalue weighted by molar-refractivity contribution is 0.368. The fourth-order valence-corrected chi connectivity index (χ4v) is 2.39. The highest BCUT2D eigenvalue weighted by Crippen LogP contribution is 2.14. The van der Waals surface area contributed by atoms with Gasteiger partial charge in [-0.15, -0.1) is 0 Å². The zero-order valence-corrected chi connectivity index (χ0v) is 16.3. The topological polar surface area (TPSA) is 86.3 Å². The highest BCUT2D eigenvalue weighted by molar-refractivity contribution is 5.90. The van der Waals surface area contributed by atoms with Gasteiger partial charge in [-0.1, -0.05) is 0 Å². The molecule has 5 nitrogen and oxygen atoms in total. The summed E-state index contributed by atoms with van der Waals surface area (Å²) in [6, 6.07) is 0. The maximum atomic E-state index is 7.80. The summed E-state index contributed by atoms with van der Waals surface area (Å²) >= 11 is 0. The van der Waals surface area contributed by atoms with Gasteiger partial charge in [0.15, 0.2) is 0 Å². The highest BCUT2D eigenvalue weighted by Gasteiger charge is 2.22. The first-order valence-corrected chi connectivity index (χ1v) is 8.76. The molecule has 0 aliphatic rings. The Labute approximate surface area is 143 Å². The zero-order chi connectivity index (χ0) is 18.1. The second-order valence-corrected chi connectivity index (χ2v) is 7.56. The minimum absolute atomic E-state index is 0.0560. The van der Waals surface area contributed by atoms with E-state index in [1.807, 2.05) is 14.0 Å². The molecule has 0 saturated carbocycles. The van der Waals surface area contributed by atoms with Crippen molar-refractivity contribution < 1.29 is 0 Å². The quantitative estimate of drug-likeness (QED) is 0.416. The number of nitrogens with zero attached hydrogens (tertiary/aromatic N) is 1. The van der Waals surface area contributed by atoms with E-state index in [2.05, 4.69) is 50.2 Å². The normalized spacial score (nSPS) is 14.9. The zero-order valence-electron chi connectivity index (χ0n) is 16.3. The molecule has 0 radical (unpaired) electrons. The molecule has 0 heterocycles. The fraction of sp³-hybridized carbons (Fsp3) is 0.889. The van der Waals surface area contributed by atoms with Crippen molar-refractivity contribution in [2.75, 3.05) is 26.7 Å². The second-order valence-electron chi connectivity index (χ2n) is 7.56. The Morgan fingerprint density at radius 3 is 1.87 bits per heavy atom. The average Bonchev–Trinajstić information content (AvgIpc) is 2.45. The maximum Gasteiger partial charge on any atom is 0.0504 e. The monoisotopic (exact) mass is 325 g/mol. The Kier molecular flexibility index (Phi) is 9.82. The predicted octanol–water partition coefficient (Wildman–Crippen LogP) is 2.60. The van der Waals surface area contributed by atoms with E-state index in [0.29, 0.717) is 11.6 Å². The molecule has 136 valence electrons. The van der Waals surface area contributed by atoms with Crippen molar-refractivity contribution in [3.05, 3.63) is 0 Å². The van der Waals surface area contributed by atoms with Crippen LogP contribution in [0.25, 0.3) is 0 Å². The van der Waals surface area contributed by atoms with E-state index in [0.717, 1.165) is 44.6 Å². The first-order chi connectivity index (χ1) is 10.6. The van der Waals surface area contributed by atoms with Gasteiger partial charge in [0.25, 0.3) is 0 Å². The molecule has 0 aliphatic carbocycles. The van der Waals surface area contributed by atoms with Crippen LogP contribution in [0.3, 0.4) is 0 Å². The van der Waals surface area contributed by atoms with Crippen LogP contribution in [0.5, 0.6) is 0 Å². The van der Waals surface area contributed by atoms with Crippen molar-refractivity contribution >= 4 is 11.4 Å². The average molecular weight is 326 g/mol. The van der Waals surface area contributed by atoms with Gasteiger partial charge in [0.2, 0.25) is 0 Å². The predicted molar refractivity (Wildman–Crippen MR) is 103 cm³/mol. The van der Waals surface area contributed by atoms with Crippen molar-refractivity contribution in [1.82, 2.24) is 10.6 Å². The first kappa shape index (κ1) is 22.2. The van der Waals surface area contributed by atoms with E-state index in [1.54, 1.807) is 0 Å². The van der Waals surface area contributed by atoms with Gasteiger partial charge in [0, 0.05) is 18.5 Å². The molecule has 23 heavy (non-hydrogen) atoms. The summed E-state index contributed by atoms with van der Waals surface area (Å²) in [5, 5.41) is 14.9. The highest BCUT2D eigenvalue weighted by atomic mass is 15.0. The summed E-state index contributed by atoms with van der Waals surface area (Å²) in [6.45, 7) is 15.0. The van der Waals surface area contributed by atoms with Crippen LogP contribution in [0.1, 0.15) is 60.8 Å². The van der Waals surface area contributed by atoms with Crippen LogP contribution >= 0.6 is 0 Å². The number of rotatable bonds is 12. The molecule has 1 unspecified atom stereocenters. The number of nitrogens with one attached hydrogen (secondary N) is 3. The summed E-state index contributed by atoms with van der Waals surface area (Å²) in [5.41, 5.74) is 7.29. The lowest BCUT2D eigenvalue weighted by atomic mass is 9.94.